The van der Waals surface area contributed by atoms with Gasteiger partial charge in [-0.3, -0.25) is 4.99 Å². The quantitative estimate of drug-likeness (QED) is 0.642. The van der Waals surface area contributed by atoms with Crippen molar-refractivity contribution in [2.24, 2.45) is 10.9 Å². The van der Waals surface area contributed by atoms with Crippen LogP contribution in [0.5, 0.6) is 0 Å². The van der Waals surface area contributed by atoms with E-state index in [0.717, 1.165) is 36.4 Å². The summed E-state index contributed by atoms with van der Waals surface area (Å²) in [7, 11) is 1.83. The van der Waals surface area contributed by atoms with Crippen LogP contribution in [0.25, 0.3) is 0 Å². The van der Waals surface area contributed by atoms with Crippen LogP contribution in [-0.4, -0.2) is 36.2 Å². The van der Waals surface area contributed by atoms with Crippen LogP contribution < -0.4 is 5.32 Å². The molecule has 2 rings (SSSR count). The van der Waals surface area contributed by atoms with Gasteiger partial charge in [-0.1, -0.05) is 12.1 Å². The molecule has 0 aromatic carbocycles. The third-order valence-corrected chi connectivity index (χ3v) is 3.39. The number of hydrogen-bond donors (Lipinski definition) is 1. The van der Waals surface area contributed by atoms with Gasteiger partial charge in [-0.25, -0.2) is 0 Å². The van der Waals surface area contributed by atoms with Gasteiger partial charge in [0, 0.05) is 26.2 Å². The van der Waals surface area contributed by atoms with Crippen molar-refractivity contribution in [1.82, 2.24) is 15.4 Å². The van der Waals surface area contributed by atoms with Crippen molar-refractivity contribution < 1.29 is 4.52 Å². The van der Waals surface area contributed by atoms with Crippen molar-refractivity contribution in [2.75, 3.05) is 20.1 Å². The molecule has 2 heterocycles. The highest BCUT2D eigenvalue weighted by molar-refractivity contribution is 5.79. The molecule has 100 valence electrons. The van der Waals surface area contributed by atoms with Gasteiger partial charge < -0.3 is 14.7 Å². The van der Waals surface area contributed by atoms with Crippen LogP contribution >= 0.6 is 0 Å². The average Bonchev–Trinajstić information content (AvgIpc) is 2.78. The van der Waals surface area contributed by atoms with Crippen LogP contribution in [0.3, 0.4) is 0 Å². The standard InChI is InChI=1S/C13H22N4O/c1-10-4-6-17(7-5-10)13(14-3)15-9-12-8-11(2)16-18-12/h8,10H,4-7,9H2,1-3H3,(H,14,15). The first kappa shape index (κ1) is 12.9. The van der Waals surface area contributed by atoms with Gasteiger partial charge >= 0.3 is 0 Å². The molecule has 0 amide bonds. The first-order valence-electron chi connectivity index (χ1n) is 6.57. The highest BCUT2D eigenvalue weighted by atomic mass is 16.5. The molecule has 18 heavy (non-hydrogen) atoms. The average molecular weight is 250 g/mol. The molecule has 1 fully saturated rings. The second-order valence-corrected chi connectivity index (χ2v) is 5.00. The van der Waals surface area contributed by atoms with Gasteiger partial charge in [0.05, 0.1) is 12.2 Å². The van der Waals surface area contributed by atoms with Gasteiger partial charge in [0.2, 0.25) is 0 Å². The highest BCUT2D eigenvalue weighted by Crippen LogP contribution is 2.15. The Morgan fingerprint density at radius 1 is 1.56 bits per heavy atom. The number of hydrogen-bond acceptors (Lipinski definition) is 3. The Bertz CT molecular complexity index is 405. The fourth-order valence-electron chi connectivity index (χ4n) is 2.22. The molecule has 1 aliphatic heterocycles. The van der Waals surface area contributed by atoms with Gasteiger partial charge in [-0.15, -0.1) is 0 Å². The van der Waals surface area contributed by atoms with Gasteiger partial charge in [-0.2, -0.15) is 0 Å². The van der Waals surface area contributed by atoms with Gasteiger partial charge in [0.1, 0.15) is 0 Å². The number of aliphatic imine (C=N–C) groups is 1. The summed E-state index contributed by atoms with van der Waals surface area (Å²) in [6.45, 7) is 7.03. The van der Waals surface area contributed by atoms with Crippen molar-refractivity contribution in [3.8, 4) is 0 Å². The molecule has 1 aromatic rings. The molecule has 5 heteroatoms. The van der Waals surface area contributed by atoms with Gasteiger partial charge in [0.25, 0.3) is 0 Å². The topological polar surface area (TPSA) is 53.7 Å². The molecular weight excluding hydrogens is 228 g/mol. The highest BCUT2D eigenvalue weighted by Gasteiger charge is 2.18. The minimum atomic E-state index is 0.638. The summed E-state index contributed by atoms with van der Waals surface area (Å²) in [5.41, 5.74) is 0.911. The molecule has 0 aliphatic carbocycles. The number of piperidine rings is 1. The number of nitrogens with zero attached hydrogens (tertiary/aromatic N) is 3. The van der Waals surface area contributed by atoms with Crippen molar-refractivity contribution in [3.05, 3.63) is 17.5 Å². The van der Waals surface area contributed by atoms with Crippen LogP contribution in [0.4, 0.5) is 0 Å². The maximum atomic E-state index is 5.18. The molecule has 5 nitrogen and oxygen atoms in total. The van der Waals surface area contributed by atoms with Crippen LogP contribution in [0.2, 0.25) is 0 Å². The smallest absolute Gasteiger partial charge is 0.194 e. The van der Waals surface area contributed by atoms with E-state index < -0.39 is 0 Å². The summed E-state index contributed by atoms with van der Waals surface area (Å²) < 4.78 is 5.18. The lowest BCUT2D eigenvalue weighted by atomic mass is 10.00. The van der Waals surface area contributed by atoms with E-state index in [1.54, 1.807) is 0 Å². The van der Waals surface area contributed by atoms with E-state index in [-0.39, 0.29) is 0 Å². The summed E-state index contributed by atoms with van der Waals surface area (Å²) in [4.78, 5) is 6.64. The number of nitrogens with one attached hydrogen (secondary N) is 1. The molecule has 0 atom stereocenters. The Morgan fingerprint density at radius 3 is 2.83 bits per heavy atom. The minimum Gasteiger partial charge on any atom is -0.359 e. The number of rotatable bonds is 2. The molecule has 0 saturated carbocycles. The Morgan fingerprint density at radius 2 is 2.28 bits per heavy atom. The van der Waals surface area contributed by atoms with E-state index in [0.29, 0.717) is 6.54 Å². The predicted octanol–water partition coefficient (Wildman–Crippen LogP) is 1.79. The lowest BCUT2D eigenvalue weighted by Gasteiger charge is -2.32. The normalized spacial score (nSPS) is 18.2. The zero-order chi connectivity index (χ0) is 13.0. The fraction of sp³-hybridized carbons (Fsp3) is 0.692. The largest absolute Gasteiger partial charge is 0.359 e. The molecule has 0 unspecified atom stereocenters. The van der Waals surface area contributed by atoms with Crippen LogP contribution in [0.15, 0.2) is 15.6 Å². The van der Waals surface area contributed by atoms with E-state index >= 15 is 0 Å². The van der Waals surface area contributed by atoms with Crippen LogP contribution in [0, 0.1) is 12.8 Å². The third-order valence-electron chi connectivity index (χ3n) is 3.39. The molecule has 1 aromatic heterocycles. The first-order valence-corrected chi connectivity index (χ1v) is 6.57. The van der Waals surface area contributed by atoms with E-state index in [1.807, 2.05) is 20.0 Å². The summed E-state index contributed by atoms with van der Waals surface area (Å²) in [5.74, 6) is 2.63. The molecule has 0 radical (unpaired) electrons. The van der Waals surface area contributed by atoms with Crippen LogP contribution in [0.1, 0.15) is 31.2 Å². The monoisotopic (exact) mass is 250 g/mol. The lowest BCUT2D eigenvalue weighted by Crippen LogP contribution is -2.45. The predicted molar refractivity (Wildman–Crippen MR) is 71.4 cm³/mol. The zero-order valence-corrected chi connectivity index (χ0v) is 11.4. The second-order valence-electron chi connectivity index (χ2n) is 5.00. The third kappa shape index (κ3) is 3.24. The summed E-state index contributed by atoms with van der Waals surface area (Å²) >= 11 is 0. The summed E-state index contributed by atoms with van der Waals surface area (Å²) in [6.07, 6.45) is 2.48. The molecular formula is C13H22N4O. The van der Waals surface area contributed by atoms with Gasteiger partial charge in [-0.05, 0) is 25.7 Å². The minimum absolute atomic E-state index is 0.638. The van der Waals surface area contributed by atoms with E-state index in [2.05, 4.69) is 27.3 Å². The Labute approximate surface area is 108 Å². The number of likely N-dealkylation sites (tertiary alicyclic amines) is 1. The number of aryl methyl sites for hydroxylation is 1. The number of guanidine groups is 1. The Balaban J connectivity index is 1.86. The summed E-state index contributed by atoms with van der Waals surface area (Å²) in [6, 6.07) is 1.94. The molecule has 0 spiro atoms. The van der Waals surface area contributed by atoms with Crippen molar-refractivity contribution in [1.29, 1.82) is 0 Å². The van der Waals surface area contributed by atoms with E-state index in [1.165, 1.54) is 12.8 Å². The SMILES string of the molecule is CN=C(NCc1cc(C)no1)N1CCC(C)CC1. The zero-order valence-electron chi connectivity index (χ0n) is 11.4. The Kier molecular flexibility index (Phi) is 4.23. The first-order chi connectivity index (χ1) is 8.69. The Hall–Kier alpha value is -1.52. The molecule has 1 aliphatic rings. The maximum Gasteiger partial charge on any atom is 0.194 e. The second kappa shape index (κ2) is 5.89. The van der Waals surface area contributed by atoms with Gasteiger partial charge in [0.15, 0.2) is 11.7 Å². The number of aromatic nitrogens is 1. The summed E-state index contributed by atoms with van der Waals surface area (Å²) in [5, 5.41) is 7.20. The van der Waals surface area contributed by atoms with Crippen molar-refractivity contribution in [2.45, 2.75) is 33.2 Å². The molecule has 0 bridgehead atoms. The van der Waals surface area contributed by atoms with Crippen molar-refractivity contribution in [3.63, 3.8) is 0 Å². The lowest BCUT2D eigenvalue weighted by molar-refractivity contribution is 0.272. The fourth-order valence-corrected chi connectivity index (χ4v) is 2.22. The molecule has 1 saturated heterocycles. The maximum absolute atomic E-state index is 5.18. The molecule has 1 N–H and O–H groups in total. The van der Waals surface area contributed by atoms with E-state index in [9.17, 15) is 0 Å². The van der Waals surface area contributed by atoms with Crippen LogP contribution in [-0.2, 0) is 6.54 Å². The van der Waals surface area contributed by atoms with Crippen molar-refractivity contribution >= 4 is 5.96 Å². The van der Waals surface area contributed by atoms with E-state index in [4.69, 9.17) is 4.52 Å².